The van der Waals surface area contributed by atoms with E-state index in [1.54, 1.807) is 0 Å². The molecule has 0 unspecified atom stereocenters. The molecule has 0 aliphatic rings. The molecule has 3 aromatic rings. The fourth-order valence-electron chi connectivity index (χ4n) is 2.69. The predicted molar refractivity (Wildman–Crippen MR) is 101 cm³/mol. The van der Waals surface area contributed by atoms with Gasteiger partial charge in [-0.05, 0) is 43.7 Å². The van der Waals surface area contributed by atoms with E-state index in [1.807, 2.05) is 36.6 Å². The monoisotopic (exact) mass is 369 g/mol. The number of carbonyl (C=O) groups is 1. The van der Waals surface area contributed by atoms with Crippen LogP contribution in [0, 0.1) is 5.82 Å². The van der Waals surface area contributed by atoms with Gasteiger partial charge in [-0.2, -0.15) is 0 Å². The van der Waals surface area contributed by atoms with Crippen molar-refractivity contribution in [2.45, 2.75) is 37.2 Å². The Morgan fingerprint density at radius 3 is 2.46 bits per heavy atom. The molecule has 0 radical (unpaired) electrons. The molecule has 2 aromatic carbocycles. The van der Waals surface area contributed by atoms with Crippen LogP contribution in [-0.2, 0) is 13.0 Å². The van der Waals surface area contributed by atoms with Gasteiger partial charge in [0.1, 0.15) is 11.6 Å². The largest absolute Gasteiger partial charge is 0.306 e. The number of aromatic nitrogens is 3. The zero-order valence-electron chi connectivity index (χ0n) is 14.7. The van der Waals surface area contributed by atoms with Gasteiger partial charge in [0.15, 0.2) is 10.9 Å². The van der Waals surface area contributed by atoms with E-state index >= 15 is 0 Å². The highest BCUT2D eigenvalue weighted by Gasteiger charge is 2.21. The van der Waals surface area contributed by atoms with Crippen molar-refractivity contribution in [1.29, 1.82) is 0 Å². The molecule has 1 heterocycles. The van der Waals surface area contributed by atoms with Gasteiger partial charge in [-0.3, -0.25) is 4.79 Å². The van der Waals surface area contributed by atoms with E-state index in [-0.39, 0.29) is 16.9 Å². The molecule has 0 amide bonds. The van der Waals surface area contributed by atoms with Crippen molar-refractivity contribution >= 4 is 17.5 Å². The molecule has 0 saturated heterocycles. The van der Waals surface area contributed by atoms with Gasteiger partial charge >= 0.3 is 0 Å². The molecule has 26 heavy (non-hydrogen) atoms. The van der Waals surface area contributed by atoms with Gasteiger partial charge in [0.25, 0.3) is 0 Å². The van der Waals surface area contributed by atoms with E-state index in [0.29, 0.717) is 12.0 Å². The molecule has 0 aliphatic carbocycles. The standard InChI is InChI=1S/C20H20FN3OS/c1-3-24-18(13-15-7-5-4-6-8-15)22-23-20(24)26-14(2)19(25)16-9-11-17(21)12-10-16/h4-12,14H,3,13H2,1-2H3/t14-/m1/s1. The summed E-state index contributed by atoms with van der Waals surface area (Å²) >= 11 is 1.38. The minimum atomic E-state index is -0.349. The van der Waals surface area contributed by atoms with Crippen molar-refractivity contribution in [2.75, 3.05) is 0 Å². The van der Waals surface area contributed by atoms with Gasteiger partial charge in [-0.25, -0.2) is 4.39 Å². The maximum Gasteiger partial charge on any atom is 0.191 e. The van der Waals surface area contributed by atoms with E-state index in [9.17, 15) is 9.18 Å². The first kappa shape index (κ1) is 18.3. The Balaban J connectivity index is 1.75. The summed E-state index contributed by atoms with van der Waals surface area (Å²) in [5.74, 6) is 0.478. The number of halogens is 1. The van der Waals surface area contributed by atoms with Gasteiger partial charge < -0.3 is 4.57 Å². The van der Waals surface area contributed by atoms with Crippen molar-refractivity contribution in [1.82, 2.24) is 14.8 Å². The summed E-state index contributed by atoms with van der Waals surface area (Å²) in [4.78, 5) is 12.6. The average Bonchev–Trinajstić information content (AvgIpc) is 3.03. The summed E-state index contributed by atoms with van der Waals surface area (Å²) in [6, 6.07) is 15.7. The smallest absolute Gasteiger partial charge is 0.191 e. The maximum absolute atomic E-state index is 13.0. The lowest BCUT2D eigenvalue weighted by Crippen LogP contribution is -2.15. The first-order valence-electron chi connectivity index (χ1n) is 8.51. The van der Waals surface area contributed by atoms with E-state index in [1.165, 1.54) is 41.6 Å². The third-order valence-electron chi connectivity index (χ3n) is 4.09. The normalized spacial score (nSPS) is 12.1. The number of hydrogen-bond acceptors (Lipinski definition) is 4. The Bertz CT molecular complexity index is 878. The Hall–Kier alpha value is -2.47. The van der Waals surface area contributed by atoms with Crippen LogP contribution < -0.4 is 0 Å². The first-order chi connectivity index (χ1) is 12.6. The summed E-state index contributed by atoms with van der Waals surface area (Å²) in [6.07, 6.45) is 0.697. The lowest BCUT2D eigenvalue weighted by atomic mass is 10.1. The van der Waals surface area contributed by atoms with Crippen molar-refractivity contribution in [3.63, 3.8) is 0 Å². The van der Waals surface area contributed by atoms with Crippen LogP contribution in [0.15, 0.2) is 59.8 Å². The number of Topliss-reactive ketones (excluding diaryl/α,β-unsaturated/α-hetero) is 1. The number of benzene rings is 2. The molecule has 1 aromatic heterocycles. The number of nitrogens with zero attached hydrogens (tertiary/aromatic N) is 3. The molecular formula is C20H20FN3OS. The van der Waals surface area contributed by atoms with E-state index < -0.39 is 0 Å². The number of thioether (sulfide) groups is 1. The predicted octanol–water partition coefficient (Wildman–Crippen LogP) is 4.39. The van der Waals surface area contributed by atoms with Crippen LogP contribution in [0.1, 0.15) is 35.6 Å². The van der Waals surface area contributed by atoms with Crippen molar-refractivity contribution in [3.05, 3.63) is 77.4 Å². The summed E-state index contributed by atoms with van der Waals surface area (Å²) < 4.78 is 15.1. The van der Waals surface area contributed by atoms with Crippen LogP contribution in [0.2, 0.25) is 0 Å². The van der Waals surface area contributed by atoms with Crippen molar-refractivity contribution in [3.8, 4) is 0 Å². The Kier molecular flexibility index (Phi) is 5.83. The fourth-order valence-corrected chi connectivity index (χ4v) is 3.70. The Morgan fingerprint density at radius 2 is 1.81 bits per heavy atom. The van der Waals surface area contributed by atoms with Gasteiger partial charge in [-0.15, -0.1) is 10.2 Å². The fraction of sp³-hybridized carbons (Fsp3) is 0.250. The maximum atomic E-state index is 13.0. The highest BCUT2D eigenvalue weighted by molar-refractivity contribution is 8.00. The topological polar surface area (TPSA) is 47.8 Å². The molecular weight excluding hydrogens is 349 g/mol. The zero-order valence-corrected chi connectivity index (χ0v) is 15.5. The van der Waals surface area contributed by atoms with E-state index in [4.69, 9.17) is 0 Å². The van der Waals surface area contributed by atoms with Crippen LogP contribution >= 0.6 is 11.8 Å². The molecule has 0 spiro atoms. The van der Waals surface area contributed by atoms with Crippen molar-refractivity contribution < 1.29 is 9.18 Å². The van der Waals surface area contributed by atoms with Gasteiger partial charge in [0, 0.05) is 18.5 Å². The average molecular weight is 369 g/mol. The summed E-state index contributed by atoms with van der Waals surface area (Å²) in [7, 11) is 0. The minimum Gasteiger partial charge on any atom is -0.306 e. The number of hydrogen-bond donors (Lipinski definition) is 0. The van der Waals surface area contributed by atoms with Crippen molar-refractivity contribution in [2.24, 2.45) is 0 Å². The molecule has 0 N–H and O–H groups in total. The third-order valence-corrected chi connectivity index (χ3v) is 5.18. The molecule has 1 atom stereocenters. The van der Waals surface area contributed by atoms with Gasteiger partial charge in [0.2, 0.25) is 0 Å². The van der Waals surface area contributed by atoms with Crippen LogP contribution in [0.3, 0.4) is 0 Å². The van der Waals surface area contributed by atoms with Crippen LogP contribution in [-0.4, -0.2) is 25.8 Å². The van der Waals surface area contributed by atoms with Gasteiger partial charge in [-0.1, -0.05) is 42.1 Å². The van der Waals surface area contributed by atoms with E-state index in [0.717, 1.165) is 17.5 Å². The summed E-state index contributed by atoms with van der Waals surface area (Å²) in [6.45, 7) is 4.60. The summed E-state index contributed by atoms with van der Waals surface area (Å²) in [5, 5.41) is 8.98. The second kappa shape index (κ2) is 8.27. The Morgan fingerprint density at radius 1 is 1.12 bits per heavy atom. The SMILES string of the molecule is CCn1c(Cc2ccccc2)nnc1S[C@H](C)C(=O)c1ccc(F)cc1. The van der Waals surface area contributed by atoms with Crippen LogP contribution in [0.5, 0.6) is 0 Å². The number of ketones is 1. The molecule has 0 saturated carbocycles. The highest BCUT2D eigenvalue weighted by Crippen LogP contribution is 2.25. The summed E-state index contributed by atoms with van der Waals surface area (Å²) in [5.41, 5.74) is 1.67. The minimum absolute atomic E-state index is 0.0507. The highest BCUT2D eigenvalue weighted by atomic mass is 32.2. The molecule has 0 fully saturated rings. The molecule has 6 heteroatoms. The Labute approximate surface area is 156 Å². The molecule has 134 valence electrons. The van der Waals surface area contributed by atoms with Gasteiger partial charge in [0.05, 0.1) is 5.25 Å². The molecule has 0 bridgehead atoms. The third kappa shape index (κ3) is 4.19. The molecule has 3 rings (SSSR count). The van der Waals surface area contributed by atoms with Crippen LogP contribution in [0.4, 0.5) is 4.39 Å². The lowest BCUT2D eigenvalue weighted by Gasteiger charge is -2.11. The lowest BCUT2D eigenvalue weighted by molar-refractivity contribution is 0.0994. The second-order valence-electron chi connectivity index (χ2n) is 5.94. The zero-order chi connectivity index (χ0) is 18.5. The molecule has 4 nitrogen and oxygen atoms in total. The number of rotatable bonds is 7. The second-order valence-corrected chi connectivity index (χ2v) is 7.24. The quantitative estimate of drug-likeness (QED) is 0.458. The molecule has 0 aliphatic heterocycles. The van der Waals surface area contributed by atoms with Crippen LogP contribution in [0.25, 0.3) is 0 Å². The first-order valence-corrected chi connectivity index (χ1v) is 9.39. The number of carbonyl (C=O) groups excluding carboxylic acids is 1. The van der Waals surface area contributed by atoms with E-state index in [2.05, 4.69) is 22.3 Å².